The maximum atomic E-state index is 12.6. The Balaban J connectivity index is 2.69. The van der Waals surface area contributed by atoms with Crippen molar-refractivity contribution in [3.05, 3.63) is 11.9 Å². The number of hydrogen-bond acceptors (Lipinski definition) is 0. The molecule has 3 atom stereocenters. The van der Waals surface area contributed by atoms with Crippen LogP contribution in [0.15, 0.2) is 11.9 Å². The highest BCUT2D eigenvalue weighted by atomic mass is 19.2. The van der Waals surface area contributed by atoms with Crippen LogP contribution in [0.5, 0.6) is 0 Å². The maximum Gasteiger partial charge on any atom is 0.138 e. The summed E-state index contributed by atoms with van der Waals surface area (Å²) < 4.78 is 37.3. The molecule has 1 aliphatic rings. The van der Waals surface area contributed by atoms with Crippen molar-refractivity contribution in [1.82, 2.24) is 0 Å². The lowest BCUT2D eigenvalue weighted by molar-refractivity contribution is 0.117. The van der Waals surface area contributed by atoms with E-state index in [1.54, 1.807) is 0 Å². The fourth-order valence-corrected chi connectivity index (χ4v) is 1.07. The van der Waals surface area contributed by atoms with E-state index in [2.05, 4.69) is 0 Å². The van der Waals surface area contributed by atoms with E-state index < -0.39 is 30.5 Å². The van der Waals surface area contributed by atoms with E-state index in [9.17, 15) is 13.2 Å². The first-order chi connectivity index (χ1) is 4.61. The van der Waals surface area contributed by atoms with Gasteiger partial charge in [0.15, 0.2) is 0 Å². The Morgan fingerprint density at radius 2 is 2.10 bits per heavy atom. The molecule has 0 radical (unpaired) electrons. The van der Waals surface area contributed by atoms with Crippen molar-refractivity contribution in [3.8, 4) is 0 Å². The predicted octanol–water partition coefficient (Wildman–Crippen LogP) is 2.56. The monoisotopic (exact) mass is 150 g/mol. The quantitative estimate of drug-likeness (QED) is 0.497. The van der Waals surface area contributed by atoms with Gasteiger partial charge in [0.2, 0.25) is 0 Å². The Morgan fingerprint density at radius 3 is 2.60 bits per heavy atom. The third-order valence-electron chi connectivity index (χ3n) is 1.68. The van der Waals surface area contributed by atoms with Crippen LogP contribution in [0, 0.1) is 5.92 Å². The zero-order valence-electron chi connectivity index (χ0n) is 5.65. The summed E-state index contributed by atoms with van der Waals surface area (Å²) in [4.78, 5) is 0. The minimum atomic E-state index is -1.65. The molecule has 0 heterocycles. The first-order valence-electron chi connectivity index (χ1n) is 3.25. The Hall–Kier alpha value is -0.470. The molecule has 1 aliphatic carbocycles. The highest BCUT2D eigenvalue weighted by Gasteiger charge is 2.30. The molecule has 0 N–H and O–H groups in total. The van der Waals surface area contributed by atoms with Gasteiger partial charge in [-0.3, -0.25) is 0 Å². The third kappa shape index (κ3) is 1.33. The molecule has 3 heteroatoms. The zero-order valence-corrected chi connectivity index (χ0v) is 5.65. The highest BCUT2D eigenvalue weighted by molar-refractivity contribution is 5.05. The topological polar surface area (TPSA) is 0 Å². The number of hydrogen-bond donors (Lipinski definition) is 0. The standard InChI is InChI=1S/C7H9F3/c1-4-2-5(8)3-6(9)7(4)10/h2,4,6-7H,3H2,1H3. The number of alkyl halides is 2. The van der Waals surface area contributed by atoms with E-state index in [0.717, 1.165) is 6.08 Å². The van der Waals surface area contributed by atoms with Crippen molar-refractivity contribution in [1.29, 1.82) is 0 Å². The van der Waals surface area contributed by atoms with Crippen molar-refractivity contribution >= 4 is 0 Å². The molecule has 10 heavy (non-hydrogen) atoms. The summed E-state index contributed by atoms with van der Waals surface area (Å²) in [5, 5.41) is 0. The van der Waals surface area contributed by atoms with Crippen LogP contribution in [0.1, 0.15) is 13.3 Å². The normalized spacial score (nSPS) is 41.2. The Kier molecular flexibility index (Phi) is 2.02. The number of allylic oxidation sites excluding steroid dienone is 2. The molecule has 0 aromatic heterocycles. The molecule has 0 aliphatic heterocycles. The van der Waals surface area contributed by atoms with Gasteiger partial charge in [0, 0.05) is 12.3 Å². The van der Waals surface area contributed by atoms with Crippen LogP contribution in [-0.2, 0) is 0 Å². The minimum Gasteiger partial charge on any atom is -0.244 e. The van der Waals surface area contributed by atoms with E-state index in [1.165, 1.54) is 6.92 Å². The Bertz CT molecular complexity index is 153. The van der Waals surface area contributed by atoms with E-state index in [1.807, 2.05) is 0 Å². The van der Waals surface area contributed by atoms with Crippen molar-refractivity contribution in [2.75, 3.05) is 0 Å². The van der Waals surface area contributed by atoms with Crippen LogP contribution >= 0.6 is 0 Å². The van der Waals surface area contributed by atoms with Crippen LogP contribution in [0.25, 0.3) is 0 Å². The van der Waals surface area contributed by atoms with Gasteiger partial charge in [-0.15, -0.1) is 0 Å². The first-order valence-corrected chi connectivity index (χ1v) is 3.25. The molecule has 0 saturated carbocycles. The second-order valence-electron chi connectivity index (χ2n) is 2.64. The third-order valence-corrected chi connectivity index (χ3v) is 1.68. The van der Waals surface area contributed by atoms with Crippen molar-refractivity contribution in [2.24, 2.45) is 5.92 Å². The summed E-state index contributed by atoms with van der Waals surface area (Å²) in [7, 11) is 0. The van der Waals surface area contributed by atoms with Crippen LogP contribution in [-0.4, -0.2) is 12.3 Å². The second kappa shape index (κ2) is 2.64. The fraction of sp³-hybridized carbons (Fsp3) is 0.714. The lowest BCUT2D eigenvalue weighted by atomic mass is 9.93. The van der Waals surface area contributed by atoms with Crippen LogP contribution in [0.2, 0.25) is 0 Å². The molecule has 0 bridgehead atoms. The maximum absolute atomic E-state index is 12.6. The predicted molar refractivity (Wildman–Crippen MR) is 32.8 cm³/mol. The summed E-state index contributed by atoms with van der Waals surface area (Å²) in [6.07, 6.45) is -2.44. The van der Waals surface area contributed by atoms with Gasteiger partial charge in [0.05, 0.1) is 5.83 Å². The van der Waals surface area contributed by atoms with Crippen LogP contribution < -0.4 is 0 Å². The molecule has 1 rings (SSSR count). The van der Waals surface area contributed by atoms with Crippen LogP contribution in [0.4, 0.5) is 13.2 Å². The summed E-state index contributed by atoms with van der Waals surface area (Å²) in [6.45, 7) is 1.47. The minimum absolute atomic E-state index is 0.397. The van der Waals surface area contributed by atoms with Gasteiger partial charge >= 0.3 is 0 Å². The smallest absolute Gasteiger partial charge is 0.138 e. The molecule has 0 aromatic rings. The van der Waals surface area contributed by atoms with Crippen molar-refractivity contribution < 1.29 is 13.2 Å². The van der Waals surface area contributed by atoms with Gasteiger partial charge in [-0.25, -0.2) is 13.2 Å². The summed E-state index contributed by atoms with van der Waals surface area (Å²) in [6, 6.07) is 0. The Labute approximate surface area is 57.7 Å². The van der Waals surface area contributed by atoms with E-state index >= 15 is 0 Å². The molecule has 0 aromatic carbocycles. The molecule has 58 valence electrons. The number of rotatable bonds is 0. The molecule has 0 nitrogen and oxygen atoms in total. The second-order valence-corrected chi connectivity index (χ2v) is 2.64. The SMILES string of the molecule is CC1C=C(F)CC(F)C1F. The molecule has 3 unspecified atom stereocenters. The Morgan fingerprint density at radius 1 is 1.50 bits per heavy atom. The van der Waals surface area contributed by atoms with Gasteiger partial charge in [-0.1, -0.05) is 6.92 Å². The van der Waals surface area contributed by atoms with Gasteiger partial charge in [0.25, 0.3) is 0 Å². The van der Waals surface area contributed by atoms with E-state index in [-0.39, 0.29) is 0 Å². The first kappa shape index (κ1) is 7.63. The fourth-order valence-electron chi connectivity index (χ4n) is 1.07. The number of halogens is 3. The highest BCUT2D eigenvalue weighted by Crippen LogP contribution is 2.28. The summed E-state index contributed by atoms with van der Waals surface area (Å²) in [5.74, 6) is -1.15. The molecule has 0 fully saturated rings. The molecular formula is C7H9F3. The van der Waals surface area contributed by atoms with Gasteiger partial charge < -0.3 is 0 Å². The van der Waals surface area contributed by atoms with E-state index in [4.69, 9.17) is 0 Å². The van der Waals surface area contributed by atoms with Gasteiger partial charge in [0.1, 0.15) is 12.3 Å². The molecule has 0 amide bonds. The van der Waals surface area contributed by atoms with Gasteiger partial charge in [-0.05, 0) is 6.08 Å². The van der Waals surface area contributed by atoms with Crippen molar-refractivity contribution in [2.45, 2.75) is 25.7 Å². The lowest BCUT2D eigenvalue weighted by Crippen LogP contribution is -2.27. The average molecular weight is 150 g/mol. The average Bonchev–Trinajstić information content (AvgIpc) is 1.82. The largest absolute Gasteiger partial charge is 0.244 e. The van der Waals surface area contributed by atoms with E-state index in [0.29, 0.717) is 0 Å². The van der Waals surface area contributed by atoms with Gasteiger partial charge in [-0.2, -0.15) is 0 Å². The summed E-state index contributed by atoms with van der Waals surface area (Å²) in [5.41, 5.74) is 0. The molecule has 0 saturated heterocycles. The zero-order chi connectivity index (χ0) is 7.72. The summed E-state index contributed by atoms with van der Waals surface area (Å²) >= 11 is 0. The molecular weight excluding hydrogens is 141 g/mol. The van der Waals surface area contributed by atoms with Crippen molar-refractivity contribution in [3.63, 3.8) is 0 Å². The van der Waals surface area contributed by atoms with Crippen LogP contribution in [0.3, 0.4) is 0 Å². The molecule has 0 spiro atoms. The lowest BCUT2D eigenvalue weighted by Gasteiger charge is -2.21.